The Hall–Kier alpha value is -2.85. The monoisotopic (exact) mass is 416 g/mol. The van der Waals surface area contributed by atoms with Crippen LogP contribution in [0.25, 0.3) is 0 Å². The number of rotatable bonds is 6. The fourth-order valence-electron chi connectivity index (χ4n) is 3.09. The first-order valence-electron chi connectivity index (χ1n) is 9.27. The molecule has 10 heteroatoms. The minimum atomic E-state index is -0.206. The van der Waals surface area contributed by atoms with Gasteiger partial charge in [0.15, 0.2) is 5.11 Å². The summed E-state index contributed by atoms with van der Waals surface area (Å²) in [6.07, 6.45) is 3.34. The SMILES string of the molecule is CN(C)c1nc(N2CCN(Cc3ccc(F)cc3)CC2)ncc1C=NNC(N)=S. The van der Waals surface area contributed by atoms with Crippen LogP contribution in [0.15, 0.2) is 35.6 Å². The summed E-state index contributed by atoms with van der Waals surface area (Å²) in [7, 11) is 3.84. The zero-order valence-corrected chi connectivity index (χ0v) is 17.4. The molecule has 154 valence electrons. The summed E-state index contributed by atoms with van der Waals surface area (Å²) >= 11 is 4.74. The molecule has 0 bridgehead atoms. The second kappa shape index (κ2) is 9.57. The Bertz CT molecular complexity index is 863. The molecule has 2 heterocycles. The van der Waals surface area contributed by atoms with Gasteiger partial charge in [-0.2, -0.15) is 10.1 Å². The van der Waals surface area contributed by atoms with Gasteiger partial charge >= 0.3 is 0 Å². The van der Waals surface area contributed by atoms with E-state index in [2.05, 4.69) is 25.3 Å². The minimum Gasteiger partial charge on any atom is -0.375 e. The molecule has 8 nitrogen and oxygen atoms in total. The number of anilines is 2. The Balaban J connectivity index is 1.63. The molecular weight excluding hydrogens is 391 g/mol. The Kier molecular flexibility index (Phi) is 6.89. The van der Waals surface area contributed by atoms with E-state index in [-0.39, 0.29) is 10.9 Å². The van der Waals surface area contributed by atoms with Gasteiger partial charge in [0.1, 0.15) is 11.6 Å². The normalized spacial score (nSPS) is 14.9. The molecule has 29 heavy (non-hydrogen) atoms. The number of benzene rings is 1. The molecule has 0 amide bonds. The number of nitrogens with zero attached hydrogens (tertiary/aromatic N) is 6. The van der Waals surface area contributed by atoms with E-state index in [9.17, 15) is 4.39 Å². The molecule has 0 atom stereocenters. The molecule has 1 aromatic carbocycles. The molecule has 0 spiro atoms. The van der Waals surface area contributed by atoms with Crippen LogP contribution in [0.3, 0.4) is 0 Å². The van der Waals surface area contributed by atoms with Gasteiger partial charge in [-0.1, -0.05) is 12.1 Å². The van der Waals surface area contributed by atoms with E-state index >= 15 is 0 Å². The van der Waals surface area contributed by atoms with Crippen molar-refractivity contribution in [3.63, 3.8) is 0 Å². The van der Waals surface area contributed by atoms with Gasteiger partial charge in [-0.25, -0.2) is 9.37 Å². The molecule has 1 fully saturated rings. The second-order valence-corrected chi connectivity index (χ2v) is 7.41. The van der Waals surface area contributed by atoms with Crippen LogP contribution in [0.2, 0.25) is 0 Å². The second-order valence-electron chi connectivity index (χ2n) is 6.97. The van der Waals surface area contributed by atoms with E-state index in [1.807, 2.05) is 31.1 Å². The molecule has 1 aromatic heterocycles. The fourth-order valence-corrected chi connectivity index (χ4v) is 3.15. The predicted molar refractivity (Wildman–Crippen MR) is 118 cm³/mol. The Morgan fingerprint density at radius 3 is 2.59 bits per heavy atom. The van der Waals surface area contributed by atoms with Gasteiger partial charge in [0, 0.05) is 53.0 Å². The number of nitrogens with two attached hydrogens (primary N) is 1. The van der Waals surface area contributed by atoms with E-state index in [0.29, 0.717) is 5.95 Å². The summed E-state index contributed by atoms with van der Waals surface area (Å²) in [6, 6.07) is 6.68. The topological polar surface area (TPSA) is 85.9 Å². The number of nitrogens with one attached hydrogen (secondary N) is 1. The molecule has 3 N–H and O–H groups in total. The molecule has 2 aromatic rings. The average molecular weight is 417 g/mol. The third kappa shape index (κ3) is 5.81. The van der Waals surface area contributed by atoms with E-state index in [1.54, 1.807) is 12.4 Å². The molecule has 1 saturated heterocycles. The molecule has 3 rings (SSSR count). The molecule has 1 aliphatic rings. The van der Waals surface area contributed by atoms with Gasteiger partial charge in [-0.05, 0) is 29.9 Å². The van der Waals surface area contributed by atoms with Crippen molar-refractivity contribution in [2.24, 2.45) is 10.8 Å². The van der Waals surface area contributed by atoms with E-state index in [4.69, 9.17) is 22.9 Å². The lowest BCUT2D eigenvalue weighted by atomic mass is 10.2. The van der Waals surface area contributed by atoms with Crippen LogP contribution in [0, 0.1) is 5.82 Å². The van der Waals surface area contributed by atoms with Crippen LogP contribution < -0.4 is 21.0 Å². The highest BCUT2D eigenvalue weighted by molar-refractivity contribution is 7.80. The van der Waals surface area contributed by atoms with E-state index < -0.39 is 0 Å². The summed E-state index contributed by atoms with van der Waals surface area (Å²) in [5.41, 5.74) is 9.79. The third-order valence-corrected chi connectivity index (χ3v) is 4.65. The summed E-state index contributed by atoms with van der Waals surface area (Å²) < 4.78 is 13.1. The minimum absolute atomic E-state index is 0.101. The maximum absolute atomic E-state index is 13.1. The van der Waals surface area contributed by atoms with Crippen LogP contribution in [0.1, 0.15) is 11.1 Å². The summed E-state index contributed by atoms with van der Waals surface area (Å²) in [4.78, 5) is 15.6. The van der Waals surface area contributed by atoms with Gasteiger partial charge in [0.05, 0.1) is 11.8 Å². The van der Waals surface area contributed by atoms with Crippen molar-refractivity contribution in [2.45, 2.75) is 6.54 Å². The first-order valence-corrected chi connectivity index (χ1v) is 9.68. The fraction of sp³-hybridized carbons (Fsp3) is 0.368. The molecule has 0 aliphatic carbocycles. The van der Waals surface area contributed by atoms with Crippen molar-refractivity contribution in [1.82, 2.24) is 20.3 Å². The first-order chi connectivity index (χ1) is 13.9. The quantitative estimate of drug-likeness (QED) is 0.412. The number of halogens is 1. The lowest BCUT2D eigenvalue weighted by molar-refractivity contribution is 0.248. The standard InChI is InChI=1S/C19H25FN8S/c1-26(2)17-15(12-23-25-18(21)29)11-22-19(24-17)28-9-7-27(8-10-28)13-14-3-5-16(20)6-4-14/h3-6,11-12H,7-10,13H2,1-2H3,(H3,21,25,29). The highest BCUT2D eigenvalue weighted by Gasteiger charge is 2.20. The molecule has 0 saturated carbocycles. The first kappa shape index (κ1) is 20.9. The number of hydrogen-bond acceptors (Lipinski definition) is 7. The van der Waals surface area contributed by atoms with Crippen LogP contribution in [0.5, 0.6) is 0 Å². The van der Waals surface area contributed by atoms with Gasteiger partial charge in [-0.3, -0.25) is 10.3 Å². The highest BCUT2D eigenvalue weighted by Crippen LogP contribution is 2.19. The van der Waals surface area contributed by atoms with Crippen molar-refractivity contribution in [3.05, 3.63) is 47.4 Å². The van der Waals surface area contributed by atoms with Gasteiger partial charge in [-0.15, -0.1) is 0 Å². The van der Waals surface area contributed by atoms with E-state index in [1.165, 1.54) is 12.1 Å². The average Bonchev–Trinajstić information content (AvgIpc) is 2.70. The van der Waals surface area contributed by atoms with Crippen LogP contribution in [-0.4, -0.2) is 66.5 Å². The smallest absolute Gasteiger partial charge is 0.227 e. The van der Waals surface area contributed by atoms with Crippen molar-refractivity contribution in [1.29, 1.82) is 0 Å². The summed E-state index contributed by atoms with van der Waals surface area (Å²) in [5, 5.41) is 4.09. The van der Waals surface area contributed by atoms with Gasteiger partial charge in [0.25, 0.3) is 0 Å². The van der Waals surface area contributed by atoms with Gasteiger partial charge < -0.3 is 15.5 Å². The zero-order chi connectivity index (χ0) is 20.8. The lowest BCUT2D eigenvalue weighted by Crippen LogP contribution is -2.46. The Morgan fingerprint density at radius 2 is 1.97 bits per heavy atom. The van der Waals surface area contributed by atoms with Crippen LogP contribution >= 0.6 is 12.2 Å². The van der Waals surface area contributed by atoms with E-state index in [0.717, 1.165) is 49.7 Å². The molecule has 0 unspecified atom stereocenters. The van der Waals surface area contributed by atoms with Crippen molar-refractivity contribution in [2.75, 3.05) is 50.1 Å². The number of hydrogen-bond donors (Lipinski definition) is 2. The largest absolute Gasteiger partial charge is 0.375 e. The number of aromatic nitrogens is 2. The van der Waals surface area contributed by atoms with Crippen molar-refractivity contribution >= 4 is 35.3 Å². The number of thiocarbonyl (C=S) groups is 1. The van der Waals surface area contributed by atoms with Crippen LogP contribution in [-0.2, 0) is 6.54 Å². The zero-order valence-electron chi connectivity index (χ0n) is 16.5. The maximum Gasteiger partial charge on any atom is 0.227 e. The predicted octanol–water partition coefficient (Wildman–Crippen LogP) is 1.17. The maximum atomic E-state index is 13.1. The van der Waals surface area contributed by atoms with Gasteiger partial charge in [0.2, 0.25) is 5.95 Å². The number of hydrazone groups is 1. The lowest BCUT2D eigenvalue weighted by Gasteiger charge is -2.35. The van der Waals surface area contributed by atoms with Crippen LogP contribution in [0.4, 0.5) is 16.2 Å². The van der Waals surface area contributed by atoms with Crippen molar-refractivity contribution < 1.29 is 4.39 Å². The highest BCUT2D eigenvalue weighted by atomic mass is 32.1. The Morgan fingerprint density at radius 1 is 1.28 bits per heavy atom. The third-order valence-electron chi connectivity index (χ3n) is 4.56. The summed E-state index contributed by atoms with van der Waals surface area (Å²) in [6.45, 7) is 4.23. The molecular formula is C19H25FN8S. The number of piperazine rings is 1. The van der Waals surface area contributed by atoms with Crippen molar-refractivity contribution in [3.8, 4) is 0 Å². The summed E-state index contributed by atoms with van der Waals surface area (Å²) in [5.74, 6) is 1.24. The Labute approximate surface area is 175 Å². The molecule has 1 aliphatic heterocycles. The molecule has 0 radical (unpaired) electrons.